The second kappa shape index (κ2) is 5.84. The van der Waals surface area contributed by atoms with Crippen molar-refractivity contribution in [3.05, 3.63) is 0 Å². The van der Waals surface area contributed by atoms with Gasteiger partial charge in [0.15, 0.2) is 0 Å². The van der Waals surface area contributed by atoms with Crippen molar-refractivity contribution in [2.24, 2.45) is 5.92 Å². The molecule has 0 aromatic carbocycles. The molecule has 0 bridgehead atoms. The summed E-state index contributed by atoms with van der Waals surface area (Å²) in [6, 6.07) is 0. The Kier molecular flexibility index (Phi) is 4.65. The highest BCUT2D eigenvalue weighted by atomic mass is 16.5. The van der Waals surface area contributed by atoms with Crippen LogP contribution in [0.5, 0.6) is 0 Å². The molecule has 0 atom stereocenters. The van der Waals surface area contributed by atoms with Crippen LogP contribution in [-0.4, -0.2) is 19.2 Å². The number of hydrogen-bond acceptors (Lipinski definition) is 2. The van der Waals surface area contributed by atoms with E-state index in [1.54, 1.807) is 0 Å². The fourth-order valence-corrected chi connectivity index (χ4v) is 1.80. The van der Waals surface area contributed by atoms with E-state index in [4.69, 9.17) is 4.74 Å². The van der Waals surface area contributed by atoms with E-state index in [1.807, 2.05) is 6.92 Å². The van der Waals surface area contributed by atoms with Crippen molar-refractivity contribution in [1.29, 1.82) is 0 Å². The lowest BCUT2D eigenvalue weighted by molar-refractivity contribution is 0.149. The van der Waals surface area contributed by atoms with E-state index in [9.17, 15) is 4.79 Å². The van der Waals surface area contributed by atoms with Crippen LogP contribution >= 0.6 is 0 Å². The van der Waals surface area contributed by atoms with Crippen LogP contribution in [0, 0.1) is 5.92 Å². The summed E-state index contributed by atoms with van der Waals surface area (Å²) in [4.78, 5) is 11.0. The lowest BCUT2D eigenvalue weighted by Crippen LogP contribution is -2.30. The monoisotopic (exact) mass is 187 g/mol. The lowest BCUT2D eigenvalue weighted by atomic mass is 9.89. The third-order valence-electron chi connectivity index (χ3n) is 2.54. The minimum atomic E-state index is -0.270. The Morgan fingerprint density at radius 2 is 2.15 bits per heavy atom. The Morgan fingerprint density at radius 3 is 2.77 bits per heavy atom. The van der Waals surface area contributed by atoms with Gasteiger partial charge in [-0.1, -0.05) is 19.3 Å². The number of rotatable bonds is 3. The molecular formula is C10H21NO2. The summed E-state index contributed by atoms with van der Waals surface area (Å²) in [6.45, 7) is 3.07. The normalized spacial score (nSPS) is 18.2. The van der Waals surface area contributed by atoms with Crippen molar-refractivity contribution in [3.63, 3.8) is 0 Å². The van der Waals surface area contributed by atoms with E-state index < -0.39 is 0 Å². The van der Waals surface area contributed by atoms with Crippen molar-refractivity contribution in [2.45, 2.75) is 39.0 Å². The number of carbonyl (C=O) groups is 1. The predicted molar refractivity (Wildman–Crippen MR) is 53.7 cm³/mol. The first-order valence-electron chi connectivity index (χ1n) is 5.23. The molecule has 0 aromatic rings. The molecule has 0 unspecified atom stereocenters. The highest BCUT2D eigenvalue weighted by molar-refractivity contribution is 5.66. The molecule has 0 aromatic heterocycles. The van der Waals surface area contributed by atoms with Crippen molar-refractivity contribution < 1.29 is 11.0 Å². The number of carbonyl (C=O) groups excluding carboxylic acids is 1. The summed E-state index contributed by atoms with van der Waals surface area (Å²) >= 11 is 0. The van der Waals surface area contributed by atoms with Crippen molar-refractivity contribution in [1.82, 2.24) is 5.32 Å². The zero-order valence-electron chi connectivity index (χ0n) is 8.34. The molecule has 1 rings (SSSR count). The van der Waals surface area contributed by atoms with Crippen LogP contribution in [0.3, 0.4) is 0 Å². The number of ether oxygens (including phenoxy) is 1. The molecule has 1 N–H and O–H groups in total. The molecule has 0 aliphatic heterocycles. The van der Waals surface area contributed by atoms with Crippen molar-refractivity contribution >= 4 is 6.09 Å². The topological polar surface area (TPSA) is 38.3 Å². The zero-order chi connectivity index (χ0) is 9.52. The molecule has 13 heavy (non-hydrogen) atoms. The standard InChI is InChI=1S/C10H19NO2.H2/c1-2-13-10(12)11-8-9-6-4-3-5-7-9;/h9H,2-8H2,1H3,(H,11,12);1H. The number of alkyl carbamates (subject to hydrolysis) is 1. The Balaban J connectivity index is 0.00000169. The number of nitrogens with one attached hydrogen (secondary N) is 1. The number of amides is 1. The average molecular weight is 187 g/mol. The fraction of sp³-hybridized carbons (Fsp3) is 0.900. The maximum absolute atomic E-state index is 11.0. The summed E-state index contributed by atoms with van der Waals surface area (Å²) < 4.78 is 4.78. The minimum Gasteiger partial charge on any atom is -0.450 e. The van der Waals surface area contributed by atoms with Crippen LogP contribution in [0.1, 0.15) is 40.5 Å². The van der Waals surface area contributed by atoms with Crippen molar-refractivity contribution in [2.75, 3.05) is 13.2 Å². The van der Waals surface area contributed by atoms with Gasteiger partial charge in [-0.25, -0.2) is 4.79 Å². The second-order valence-corrected chi connectivity index (χ2v) is 3.61. The van der Waals surface area contributed by atoms with E-state index >= 15 is 0 Å². The van der Waals surface area contributed by atoms with Crippen molar-refractivity contribution in [3.8, 4) is 0 Å². The molecule has 1 saturated carbocycles. The maximum Gasteiger partial charge on any atom is 0.407 e. The Bertz CT molecular complexity index is 158. The summed E-state index contributed by atoms with van der Waals surface area (Å²) in [7, 11) is 0. The van der Waals surface area contributed by atoms with Crippen LogP contribution < -0.4 is 5.32 Å². The Hall–Kier alpha value is -0.730. The highest BCUT2D eigenvalue weighted by Crippen LogP contribution is 2.22. The van der Waals surface area contributed by atoms with Gasteiger partial charge in [-0.15, -0.1) is 0 Å². The Labute approximate surface area is 81.3 Å². The smallest absolute Gasteiger partial charge is 0.407 e. The van der Waals surface area contributed by atoms with E-state index in [0.29, 0.717) is 12.5 Å². The summed E-state index contributed by atoms with van der Waals surface area (Å²) in [5.41, 5.74) is 0. The van der Waals surface area contributed by atoms with Gasteiger partial charge in [0.2, 0.25) is 0 Å². The van der Waals surface area contributed by atoms with Gasteiger partial charge in [0.05, 0.1) is 6.61 Å². The third-order valence-corrected chi connectivity index (χ3v) is 2.54. The quantitative estimate of drug-likeness (QED) is 0.737. The Morgan fingerprint density at radius 1 is 1.46 bits per heavy atom. The molecule has 0 saturated heterocycles. The summed E-state index contributed by atoms with van der Waals surface area (Å²) in [5.74, 6) is 0.679. The molecule has 0 spiro atoms. The molecule has 1 aliphatic rings. The summed E-state index contributed by atoms with van der Waals surface area (Å²) in [6.07, 6.45) is 6.23. The van der Waals surface area contributed by atoms with Crippen LogP contribution in [-0.2, 0) is 4.74 Å². The molecule has 3 nitrogen and oxygen atoms in total. The molecule has 1 aliphatic carbocycles. The van der Waals surface area contributed by atoms with Gasteiger partial charge < -0.3 is 10.1 Å². The zero-order valence-corrected chi connectivity index (χ0v) is 8.34. The van der Waals surface area contributed by atoms with Gasteiger partial charge in [-0.3, -0.25) is 0 Å². The maximum atomic E-state index is 11.0. The summed E-state index contributed by atoms with van der Waals surface area (Å²) in [5, 5.41) is 2.79. The molecule has 0 heterocycles. The third kappa shape index (κ3) is 4.15. The van der Waals surface area contributed by atoms with Crippen LogP contribution in [0.4, 0.5) is 4.79 Å². The molecule has 1 amide bonds. The average Bonchev–Trinajstić information content (AvgIpc) is 2.17. The predicted octanol–water partition coefficient (Wildman–Crippen LogP) is 2.56. The van der Waals surface area contributed by atoms with Gasteiger partial charge in [0.25, 0.3) is 0 Å². The molecular weight excluding hydrogens is 166 g/mol. The van der Waals surface area contributed by atoms with Gasteiger partial charge >= 0.3 is 6.09 Å². The van der Waals surface area contributed by atoms with Gasteiger partial charge in [0.1, 0.15) is 0 Å². The minimum absolute atomic E-state index is 0. The van der Waals surface area contributed by atoms with E-state index in [1.165, 1.54) is 32.1 Å². The first-order chi connectivity index (χ1) is 6.33. The highest BCUT2D eigenvalue weighted by Gasteiger charge is 2.14. The number of hydrogen-bond donors (Lipinski definition) is 1. The SMILES string of the molecule is CCOC(=O)NCC1CCCCC1.[HH]. The molecule has 1 fully saturated rings. The molecule has 3 heteroatoms. The first-order valence-corrected chi connectivity index (χ1v) is 5.23. The van der Waals surface area contributed by atoms with Crippen LogP contribution in [0.25, 0.3) is 0 Å². The van der Waals surface area contributed by atoms with E-state index in [2.05, 4.69) is 5.32 Å². The van der Waals surface area contributed by atoms with Gasteiger partial charge in [-0.2, -0.15) is 0 Å². The molecule has 78 valence electrons. The molecule has 0 radical (unpaired) electrons. The second-order valence-electron chi connectivity index (χ2n) is 3.61. The van der Waals surface area contributed by atoms with Gasteiger partial charge in [0, 0.05) is 7.97 Å². The van der Waals surface area contributed by atoms with Crippen LogP contribution in [0.15, 0.2) is 0 Å². The van der Waals surface area contributed by atoms with E-state index in [0.717, 1.165) is 6.54 Å². The largest absolute Gasteiger partial charge is 0.450 e. The lowest BCUT2D eigenvalue weighted by Gasteiger charge is -2.21. The van der Waals surface area contributed by atoms with Crippen LogP contribution in [0.2, 0.25) is 0 Å². The first kappa shape index (κ1) is 10.4. The van der Waals surface area contributed by atoms with Gasteiger partial charge in [-0.05, 0) is 25.7 Å². The van der Waals surface area contributed by atoms with E-state index in [-0.39, 0.29) is 7.52 Å². The fourth-order valence-electron chi connectivity index (χ4n) is 1.80.